The molecule has 0 spiro atoms. The van der Waals surface area contributed by atoms with Crippen LogP contribution in [0.15, 0.2) is 23.1 Å². The first-order valence-electron chi connectivity index (χ1n) is 8.39. The molecule has 2 fully saturated rings. The molecule has 1 saturated carbocycles. The number of rotatable bonds is 5. The molecular formula is C17H20ClN3O3S. The van der Waals surface area contributed by atoms with Gasteiger partial charge >= 0.3 is 0 Å². The third-order valence-corrected chi connectivity index (χ3v) is 6.82. The Bertz CT molecular complexity index is 813. The van der Waals surface area contributed by atoms with Gasteiger partial charge in [-0.3, -0.25) is 4.79 Å². The minimum Gasteiger partial charge on any atom is -0.339 e. The van der Waals surface area contributed by atoms with E-state index in [9.17, 15) is 13.2 Å². The highest BCUT2D eigenvalue weighted by Crippen LogP contribution is 2.29. The van der Waals surface area contributed by atoms with E-state index in [0.717, 1.165) is 25.7 Å². The van der Waals surface area contributed by atoms with E-state index in [1.165, 1.54) is 18.2 Å². The fourth-order valence-corrected chi connectivity index (χ4v) is 5.27. The fourth-order valence-electron chi connectivity index (χ4n) is 3.61. The van der Waals surface area contributed by atoms with Crippen LogP contribution in [0.25, 0.3) is 0 Å². The third-order valence-electron chi connectivity index (χ3n) is 4.92. The molecule has 2 aliphatic rings. The van der Waals surface area contributed by atoms with Gasteiger partial charge in [0.15, 0.2) is 0 Å². The maximum Gasteiger partial charge on any atom is 0.242 e. The number of carbonyl (C=O) groups excluding carboxylic acids is 1. The summed E-state index contributed by atoms with van der Waals surface area (Å²) < 4.78 is 27.5. The first-order chi connectivity index (χ1) is 11.9. The number of benzene rings is 1. The molecule has 1 N–H and O–H groups in total. The van der Waals surface area contributed by atoms with Crippen LogP contribution in [0.4, 0.5) is 0 Å². The Kier molecular flexibility index (Phi) is 5.32. The van der Waals surface area contributed by atoms with E-state index in [0.29, 0.717) is 24.6 Å². The van der Waals surface area contributed by atoms with Gasteiger partial charge in [0.1, 0.15) is 4.90 Å². The van der Waals surface area contributed by atoms with Crippen molar-refractivity contribution in [2.75, 3.05) is 13.1 Å². The van der Waals surface area contributed by atoms with Crippen molar-refractivity contribution in [3.8, 4) is 6.07 Å². The van der Waals surface area contributed by atoms with Crippen LogP contribution in [0.5, 0.6) is 0 Å². The minimum absolute atomic E-state index is 0.0154. The molecule has 1 atom stereocenters. The van der Waals surface area contributed by atoms with Gasteiger partial charge in [-0.15, -0.1) is 0 Å². The predicted molar refractivity (Wildman–Crippen MR) is 93.4 cm³/mol. The molecule has 1 heterocycles. The van der Waals surface area contributed by atoms with E-state index >= 15 is 0 Å². The van der Waals surface area contributed by atoms with E-state index in [1.807, 2.05) is 11.0 Å². The summed E-state index contributed by atoms with van der Waals surface area (Å²) in [6, 6.07) is 6.31. The Balaban J connectivity index is 1.63. The molecule has 1 saturated heterocycles. The van der Waals surface area contributed by atoms with Crippen LogP contribution in [0, 0.1) is 17.2 Å². The lowest BCUT2D eigenvalue weighted by Crippen LogP contribution is -2.36. The van der Waals surface area contributed by atoms with Crippen LogP contribution < -0.4 is 4.72 Å². The van der Waals surface area contributed by atoms with E-state index in [1.54, 1.807) is 0 Å². The van der Waals surface area contributed by atoms with Gasteiger partial charge in [-0.25, -0.2) is 13.1 Å². The number of likely N-dealkylation sites (tertiary alicyclic amines) is 1. The van der Waals surface area contributed by atoms with Crippen LogP contribution >= 0.6 is 11.6 Å². The largest absolute Gasteiger partial charge is 0.339 e. The van der Waals surface area contributed by atoms with E-state index in [2.05, 4.69) is 4.72 Å². The van der Waals surface area contributed by atoms with E-state index in [4.69, 9.17) is 16.9 Å². The summed E-state index contributed by atoms with van der Waals surface area (Å²) >= 11 is 5.99. The number of amides is 1. The standard InChI is InChI=1S/C17H20ClN3O3S/c18-15-7-12(9-19)5-6-16(15)25(23,24)20-10-13-8-17(22)21(11-13)14-3-1-2-4-14/h5-7,13-14,20H,1-4,8,10-11H2. The second-order valence-electron chi connectivity index (χ2n) is 6.66. The number of hydrogen-bond acceptors (Lipinski definition) is 4. The van der Waals surface area contributed by atoms with Gasteiger partial charge in [-0.2, -0.15) is 5.26 Å². The second kappa shape index (κ2) is 7.32. The molecule has 1 amide bonds. The van der Waals surface area contributed by atoms with Gasteiger partial charge in [0.05, 0.1) is 16.7 Å². The van der Waals surface area contributed by atoms with E-state index < -0.39 is 10.0 Å². The zero-order chi connectivity index (χ0) is 18.0. The maximum atomic E-state index is 12.5. The third kappa shape index (κ3) is 3.97. The van der Waals surface area contributed by atoms with E-state index in [-0.39, 0.29) is 28.3 Å². The van der Waals surface area contributed by atoms with Gasteiger partial charge in [0.2, 0.25) is 15.9 Å². The van der Waals surface area contributed by atoms with Crippen molar-refractivity contribution in [3.63, 3.8) is 0 Å². The van der Waals surface area contributed by atoms with Crippen LogP contribution in [0.1, 0.15) is 37.7 Å². The highest BCUT2D eigenvalue weighted by Gasteiger charge is 2.35. The zero-order valence-corrected chi connectivity index (χ0v) is 15.3. The molecular weight excluding hydrogens is 362 g/mol. The fraction of sp³-hybridized carbons (Fsp3) is 0.529. The zero-order valence-electron chi connectivity index (χ0n) is 13.7. The Morgan fingerprint density at radius 3 is 2.68 bits per heavy atom. The monoisotopic (exact) mass is 381 g/mol. The quantitative estimate of drug-likeness (QED) is 0.847. The Morgan fingerprint density at radius 2 is 2.04 bits per heavy atom. The van der Waals surface area contributed by atoms with Crippen molar-refractivity contribution >= 4 is 27.5 Å². The lowest BCUT2D eigenvalue weighted by Gasteiger charge is -2.24. The molecule has 6 nitrogen and oxygen atoms in total. The summed E-state index contributed by atoms with van der Waals surface area (Å²) in [6.45, 7) is 0.806. The molecule has 0 bridgehead atoms. The topological polar surface area (TPSA) is 90.3 Å². The smallest absolute Gasteiger partial charge is 0.242 e. The average molecular weight is 382 g/mol. The average Bonchev–Trinajstić information content (AvgIpc) is 3.22. The molecule has 1 aromatic rings. The van der Waals surface area contributed by atoms with Crippen molar-refractivity contribution in [2.45, 2.75) is 43.0 Å². The van der Waals surface area contributed by atoms with Gasteiger partial charge in [-0.1, -0.05) is 24.4 Å². The van der Waals surface area contributed by atoms with Crippen molar-refractivity contribution in [2.24, 2.45) is 5.92 Å². The van der Waals surface area contributed by atoms with Gasteiger partial charge < -0.3 is 4.90 Å². The Hall–Kier alpha value is -1.62. The Labute approximate surface area is 152 Å². The number of nitriles is 1. The molecule has 1 aliphatic heterocycles. The molecule has 0 radical (unpaired) electrons. The summed E-state index contributed by atoms with van der Waals surface area (Å²) in [4.78, 5) is 14.1. The van der Waals surface area contributed by atoms with Crippen molar-refractivity contribution in [1.29, 1.82) is 5.26 Å². The molecule has 0 aromatic heterocycles. The highest BCUT2D eigenvalue weighted by atomic mass is 35.5. The Morgan fingerprint density at radius 1 is 1.32 bits per heavy atom. The first-order valence-corrected chi connectivity index (χ1v) is 10.3. The highest BCUT2D eigenvalue weighted by molar-refractivity contribution is 7.89. The minimum atomic E-state index is -3.78. The molecule has 1 aliphatic carbocycles. The number of sulfonamides is 1. The van der Waals surface area contributed by atoms with Crippen molar-refractivity contribution in [3.05, 3.63) is 28.8 Å². The van der Waals surface area contributed by atoms with Gasteiger partial charge in [-0.05, 0) is 37.0 Å². The summed E-state index contributed by atoms with van der Waals surface area (Å²) in [5.41, 5.74) is 0.303. The van der Waals surface area contributed by atoms with Crippen LogP contribution in [-0.2, 0) is 14.8 Å². The summed E-state index contributed by atoms with van der Waals surface area (Å²) in [7, 11) is -3.78. The van der Waals surface area contributed by atoms with Crippen molar-refractivity contribution in [1.82, 2.24) is 9.62 Å². The number of carbonyl (C=O) groups is 1. The number of hydrogen-bond donors (Lipinski definition) is 1. The lowest BCUT2D eigenvalue weighted by molar-refractivity contribution is -0.129. The number of nitrogens with zero attached hydrogens (tertiary/aromatic N) is 2. The van der Waals surface area contributed by atoms with Gasteiger partial charge in [0, 0.05) is 25.6 Å². The van der Waals surface area contributed by atoms with Crippen molar-refractivity contribution < 1.29 is 13.2 Å². The normalized spacial score (nSPS) is 21.7. The summed E-state index contributed by atoms with van der Waals surface area (Å²) in [5.74, 6) is 0.0903. The summed E-state index contributed by atoms with van der Waals surface area (Å²) in [6.07, 6.45) is 4.78. The van der Waals surface area contributed by atoms with Crippen LogP contribution in [0.3, 0.4) is 0 Å². The predicted octanol–water partition coefficient (Wildman–Crippen LogP) is 2.28. The first kappa shape index (κ1) is 18.2. The molecule has 25 heavy (non-hydrogen) atoms. The molecule has 1 aromatic carbocycles. The molecule has 134 valence electrons. The second-order valence-corrected chi connectivity index (χ2v) is 8.81. The SMILES string of the molecule is N#Cc1ccc(S(=O)(=O)NCC2CC(=O)N(C3CCCC3)C2)c(Cl)c1. The molecule has 3 rings (SSSR count). The number of halogens is 1. The molecule has 8 heteroatoms. The van der Waals surface area contributed by atoms with Crippen LogP contribution in [0.2, 0.25) is 5.02 Å². The maximum absolute atomic E-state index is 12.5. The lowest BCUT2D eigenvalue weighted by atomic mass is 10.1. The van der Waals surface area contributed by atoms with Crippen LogP contribution in [-0.4, -0.2) is 38.4 Å². The van der Waals surface area contributed by atoms with Gasteiger partial charge in [0.25, 0.3) is 0 Å². The molecule has 1 unspecified atom stereocenters. The number of nitrogens with one attached hydrogen (secondary N) is 1. The summed E-state index contributed by atoms with van der Waals surface area (Å²) in [5, 5.41) is 8.85.